The highest BCUT2D eigenvalue weighted by Crippen LogP contribution is 2.31. The number of amides is 1. The van der Waals surface area contributed by atoms with Crippen LogP contribution in [0.1, 0.15) is 48.7 Å². The van der Waals surface area contributed by atoms with Gasteiger partial charge in [0.05, 0.1) is 17.4 Å². The van der Waals surface area contributed by atoms with Gasteiger partial charge in [0.25, 0.3) is 10.0 Å². The van der Waals surface area contributed by atoms with Crippen molar-refractivity contribution in [1.29, 1.82) is 0 Å². The van der Waals surface area contributed by atoms with Crippen LogP contribution in [-0.4, -0.2) is 29.1 Å². The van der Waals surface area contributed by atoms with Crippen molar-refractivity contribution in [3.63, 3.8) is 0 Å². The minimum Gasteiger partial charge on any atom is -0.451 e. The molecule has 2 aromatic heterocycles. The summed E-state index contributed by atoms with van der Waals surface area (Å²) in [7, 11) is -3.87. The molecule has 0 spiro atoms. The smallest absolute Gasteiger partial charge is 0.310 e. The van der Waals surface area contributed by atoms with E-state index >= 15 is 0 Å². The Morgan fingerprint density at radius 2 is 2.00 bits per heavy atom. The van der Waals surface area contributed by atoms with Crippen molar-refractivity contribution in [1.82, 2.24) is 15.0 Å². The Hall–Kier alpha value is -2.85. The maximum atomic E-state index is 12.9. The summed E-state index contributed by atoms with van der Waals surface area (Å²) < 4.78 is 35.5. The number of rotatable bonds is 5. The van der Waals surface area contributed by atoms with E-state index in [2.05, 4.69) is 9.71 Å². The van der Waals surface area contributed by atoms with Gasteiger partial charge in [-0.05, 0) is 31.0 Å². The van der Waals surface area contributed by atoms with E-state index in [-0.39, 0.29) is 22.3 Å². The van der Waals surface area contributed by atoms with Crippen molar-refractivity contribution in [2.45, 2.75) is 43.0 Å². The number of furan rings is 1. The summed E-state index contributed by atoms with van der Waals surface area (Å²) in [4.78, 5) is 15.6. The van der Waals surface area contributed by atoms with Crippen LogP contribution in [0, 0.1) is 0 Å². The zero-order valence-electron chi connectivity index (χ0n) is 15.0. The standard InChI is InChI=1S/C18H20N4O5S/c23-18(20-24)16-8-12-6-7-14(9-15(12)27-16)28(25,26)21-17-10-19-11-22(17)13-4-2-1-3-5-13/h6-11,13,21,24H,1-5H2,(H,20,23). The van der Waals surface area contributed by atoms with Crippen LogP contribution in [0.3, 0.4) is 0 Å². The molecule has 1 fully saturated rings. The molecule has 3 N–H and O–H groups in total. The van der Waals surface area contributed by atoms with Gasteiger partial charge in [-0.25, -0.2) is 18.9 Å². The largest absolute Gasteiger partial charge is 0.451 e. The van der Waals surface area contributed by atoms with Crippen molar-refractivity contribution in [3.8, 4) is 0 Å². The number of imidazole rings is 1. The van der Waals surface area contributed by atoms with Gasteiger partial charge in [-0.1, -0.05) is 19.3 Å². The Bertz CT molecular complexity index is 1110. The van der Waals surface area contributed by atoms with Crippen LogP contribution in [0.2, 0.25) is 0 Å². The Labute approximate surface area is 161 Å². The summed E-state index contributed by atoms with van der Waals surface area (Å²) in [5, 5.41) is 9.25. The van der Waals surface area contributed by atoms with Gasteiger partial charge in [-0.2, -0.15) is 0 Å². The fourth-order valence-corrected chi connectivity index (χ4v) is 4.64. The lowest BCUT2D eigenvalue weighted by Crippen LogP contribution is -2.19. The van der Waals surface area contributed by atoms with E-state index < -0.39 is 15.9 Å². The number of fused-ring (bicyclic) bond motifs is 1. The van der Waals surface area contributed by atoms with Crippen LogP contribution >= 0.6 is 0 Å². The molecule has 148 valence electrons. The molecule has 1 amide bonds. The highest BCUT2D eigenvalue weighted by atomic mass is 32.2. The number of carbonyl (C=O) groups excluding carboxylic acids is 1. The Balaban J connectivity index is 1.62. The molecule has 3 aromatic rings. The van der Waals surface area contributed by atoms with Crippen molar-refractivity contribution in [2.24, 2.45) is 0 Å². The molecule has 0 bridgehead atoms. The number of hydroxylamine groups is 1. The van der Waals surface area contributed by atoms with Gasteiger partial charge in [0.2, 0.25) is 0 Å². The third-order valence-corrected chi connectivity index (χ3v) is 6.35. The van der Waals surface area contributed by atoms with Gasteiger partial charge in [0.15, 0.2) is 5.76 Å². The minimum atomic E-state index is -3.87. The first-order valence-electron chi connectivity index (χ1n) is 9.00. The van der Waals surface area contributed by atoms with Crippen LogP contribution < -0.4 is 10.2 Å². The third kappa shape index (κ3) is 3.48. The molecule has 1 saturated carbocycles. The van der Waals surface area contributed by atoms with E-state index in [1.54, 1.807) is 12.4 Å². The summed E-state index contributed by atoms with van der Waals surface area (Å²) in [6.45, 7) is 0. The van der Waals surface area contributed by atoms with Crippen LogP contribution in [0.15, 0.2) is 46.1 Å². The molecule has 1 aromatic carbocycles. The predicted octanol–water partition coefficient (Wildman–Crippen LogP) is 3.05. The van der Waals surface area contributed by atoms with E-state index in [1.165, 1.54) is 36.3 Å². The van der Waals surface area contributed by atoms with E-state index in [4.69, 9.17) is 9.62 Å². The van der Waals surface area contributed by atoms with Crippen LogP contribution in [0.5, 0.6) is 0 Å². The topological polar surface area (TPSA) is 126 Å². The summed E-state index contributed by atoms with van der Waals surface area (Å²) in [5.41, 5.74) is 1.71. The predicted molar refractivity (Wildman–Crippen MR) is 101 cm³/mol. The summed E-state index contributed by atoms with van der Waals surface area (Å²) >= 11 is 0. The Morgan fingerprint density at radius 3 is 2.75 bits per heavy atom. The SMILES string of the molecule is O=C(NO)c1cc2ccc(S(=O)(=O)Nc3cncn3C3CCCCC3)cc2o1. The highest BCUT2D eigenvalue weighted by molar-refractivity contribution is 7.92. The van der Waals surface area contributed by atoms with Crippen molar-refractivity contribution in [2.75, 3.05) is 4.72 Å². The average molecular weight is 404 g/mol. The maximum Gasteiger partial charge on any atom is 0.310 e. The number of anilines is 1. The van der Waals surface area contributed by atoms with Crippen LogP contribution in [0.4, 0.5) is 5.82 Å². The molecule has 0 atom stereocenters. The molecule has 0 unspecified atom stereocenters. The second-order valence-electron chi connectivity index (χ2n) is 6.83. The Morgan fingerprint density at radius 1 is 1.21 bits per heavy atom. The molecule has 1 aliphatic rings. The lowest BCUT2D eigenvalue weighted by molar-refractivity contribution is 0.0678. The van der Waals surface area contributed by atoms with Crippen LogP contribution in [-0.2, 0) is 10.0 Å². The maximum absolute atomic E-state index is 12.9. The minimum absolute atomic E-state index is 0.00157. The molecule has 4 rings (SSSR count). The monoisotopic (exact) mass is 404 g/mol. The van der Waals surface area contributed by atoms with E-state index in [0.29, 0.717) is 11.2 Å². The molecular formula is C18H20N4O5S. The first kappa shape index (κ1) is 18.5. The number of sulfonamides is 1. The van der Waals surface area contributed by atoms with Gasteiger partial charge >= 0.3 is 5.91 Å². The molecule has 0 radical (unpaired) electrons. The van der Waals surface area contributed by atoms with E-state index in [0.717, 1.165) is 25.7 Å². The summed E-state index contributed by atoms with van der Waals surface area (Å²) in [5.74, 6) is -0.503. The van der Waals surface area contributed by atoms with Gasteiger partial charge in [-0.15, -0.1) is 0 Å². The lowest BCUT2D eigenvalue weighted by atomic mass is 9.95. The van der Waals surface area contributed by atoms with Gasteiger partial charge in [0.1, 0.15) is 11.4 Å². The fourth-order valence-electron chi connectivity index (χ4n) is 3.58. The zero-order chi connectivity index (χ0) is 19.7. The molecule has 1 aliphatic carbocycles. The number of aromatic nitrogens is 2. The molecule has 28 heavy (non-hydrogen) atoms. The lowest BCUT2D eigenvalue weighted by Gasteiger charge is -2.24. The van der Waals surface area contributed by atoms with Crippen LogP contribution in [0.25, 0.3) is 11.0 Å². The zero-order valence-corrected chi connectivity index (χ0v) is 15.8. The van der Waals surface area contributed by atoms with Crippen molar-refractivity contribution >= 4 is 32.7 Å². The van der Waals surface area contributed by atoms with Crippen molar-refractivity contribution in [3.05, 3.63) is 42.5 Å². The highest BCUT2D eigenvalue weighted by Gasteiger charge is 2.22. The number of nitrogens with zero attached hydrogens (tertiary/aromatic N) is 2. The second kappa shape index (κ2) is 7.28. The number of hydrogen-bond donors (Lipinski definition) is 3. The Kier molecular flexibility index (Phi) is 4.82. The number of benzene rings is 1. The number of hydrogen-bond acceptors (Lipinski definition) is 6. The van der Waals surface area contributed by atoms with E-state index in [9.17, 15) is 13.2 Å². The second-order valence-corrected chi connectivity index (χ2v) is 8.52. The molecule has 0 aliphatic heterocycles. The molecule has 0 saturated heterocycles. The quantitative estimate of drug-likeness (QED) is 0.443. The third-order valence-electron chi connectivity index (χ3n) is 5.00. The van der Waals surface area contributed by atoms with Gasteiger partial charge in [0, 0.05) is 17.5 Å². The number of nitrogens with one attached hydrogen (secondary N) is 2. The number of carbonyl (C=O) groups is 1. The average Bonchev–Trinajstić information content (AvgIpc) is 3.33. The molecular weight excluding hydrogens is 384 g/mol. The first-order chi connectivity index (χ1) is 13.5. The van der Waals surface area contributed by atoms with Gasteiger partial charge in [-0.3, -0.25) is 14.7 Å². The molecule has 9 nitrogen and oxygen atoms in total. The normalized spacial score (nSPS) is 15.6. The molecule has 2 heterocycles. The summed E-state index contributed by atoms with van der Waals surface area (Å²) in [6, 6.07) is 5.97. The first-order valence-corrected chi connectivity index (χ1v) is 10.5. The summed E-state index contributed by atoms with van der Waals surface area (Å²) in [6.07, 6.45) is 8.59. The van der Waals surface area contributed by atoms with Crippen molar-refractivity contribution < 1.29 is 22.8 Å². The van der Waals surface area contributed by atoms with Gasteiger partial charge < -0.3 is 8.98 Å². The van der Waals surface area contributed by atoms with E-state index in [1.807, 2.05) is 4.57 Å². The molecule has 10 heteroatoms. The fraction of sp³-hybridized carbons (Fsp3) is 0.333.